The minimum Gasteiger partial charge on any atom is -0.489 e. The van der Waals surface area contributed by atoms with Crippen LogP contribution in [-0.2, 0) is 4.79 Å². The second-order valence-corrected chi connectivity index (χ2v) is 6.89. The van der Waals surface area contributed by atoms with Crippen LogP contribution >= 0.6 is 0 Å². The molecule has 2 rings (SSSR count). The molecule has 0 aliphatic heterocycles. The Kier molecular flexibility index (Phi) is 8.19. The fourth-order valence-corrected chi connectivity index (χ4v) is 2.61. The van der Waals surface area contributed by atoms with E-state index in [1.165, 1.54) is 0 Å². The Morgan fingerprint density at radius 1 is 1.00 bits per heavy atom. The van der Waals surface area contributed by atoms with Crippen molar-refractivity contribution in [2.75, 3.05) is 6.54 Å². The first kappa shape index (κ1) is 21.9. The third-order valence-electron chi connectivity index (χ3n) is 4.07. The number of carbonyl (C=O) groups is 2. The number of amides is 2. The van der Waals surface area contributed by atoms with Crippen LogP contribution in [0.2, 0.25) is 0 Å². The zero-order chi connectivity index (χ0) is 21.2. The van der Waals surface area contributed by atoms with E-state index in [-0.39, 0.29) is 12.0 Å². The number of hydrogen-bond acceptors (Lipinski definition) is 6. The molecule has 0 spiro atoms. The summed E-state index contributed by atoms with van der Waals surface area (Å²) in [5.41, 5.74) is 0.557. The maximum atomic E-state index is 12.5. The fourth-order valence-electron chi connectivity index (χ4n) is 2.61. The molecule has 2 N–H and O–H groups in total. The fraction of sp³-hybridized carbons (Fsp3) is 0.318. The van der Waals surface area contributed by atoms with Crippen molar-refractivity contribution in [2.24, 2.45) is 5.92 Å². The van der Waals surface area contributed by atoms with Gasteiger partial charge in [0.15, 0.2) is 0 Å². The van der Waals surface area contributed by atoms with E-state index in [4.69, 9.17) is 14.7 Å². The van der Waals surface area contributed by atoms with Crippen LogP contribution in [0.3, 0.4) is 0 Å². The molecular weight excluding hydrogens is 370 g/mol. The highest BCUT2D eigenvalue weighted by molar-refractivity contribution is 5.95. The van der Waals surface area contributed by atoms with E-state index in [1.54, 1.807) is 54.6 Å². The largest absolute Gasteiger partial charge is 0.489 e. The standard InChI is InChI=1S/C22H25N3O4/c1-15(2)20(21(26)25-22(27)29-18-7-5-4-6-8-18)24-14-16(3)28-19-11-9-17(13-23)10-12-19/h4-12,15-16,20,24H,14H2,1-3H3,(H,25,26,27)/t16?,20-/m0/s1. The van der Waals surface area contributed by atoms with Crippen LogP contribution in [0.15, 0.2) is 54.6 Å². The van der Waals surface area contributed by atoms with Crippen molar-refractivity contribution in [3.05, 3.63) is 60.2 Å². The van der Waals surface area contributed by atoms with Gasteiger partial charge >= 0.3 is 6.09 Å². The highest BCUT2D eigenvalue weighted by Gasteiger charge is 2.25. The number of ether oxygens (including phenoxy) is 2. The van der Waals surface area contributed by atoms with Crippen LogP contribution in [-0.4, -0.2) is 30.7 Å². The molecule has 0 saturated carbocycles. The average molecular weight is 395 g/mol. The zero-order valence-electron chi connectivity index (χ0n) is 16.7. The smallest absolute Gasteiger partial charge is 0.419 e. The third-order valence-corrected chi connectivity index (χ3v) is 4.07. The Hall–Kier alpha value is -3.37. The van der Waals surface area contributed by atoms with E-state index >= 15 is 0 Å². The van der Waals surface area contributed by atoms with Gasteiger partial charge in [-0.25, -0.2) is 4.79 Å². The van der Waals surface area contributed by atoms with Crippen molar-refractivity contribution in [2.45, 2.75) is 32.9 Å². The number of carbonyl (C=O) groups excluding carboxylic acids is 2. The molecule has 0 heterocycles. The van der Waals surface area contributed by atoms with Crippen LogP contribution in [0.4, 0.5) is 4.79 Å². The Morgan fingerprint density at radius 3 is 2.24 bits per heavy atom. The monoisotopic (exact) mass is 395 g/mol. The number of benzene rings is 2. The molecule has 2 aromatic carbocycles. The molecule has 7 nitrogen and oxygen atoms in total. The molecule has 2 aromatic rings. The summed E-state index contributed by atoms with van der Waals surface area (Å²) < 4.78 is 10.9. The number of nitrogens with zero attached hydrogens (tertiary/aromatic N) is 1. The average Bonchev–Trinajstić information content (AvgIpc) is 2.69. The summed E-state index contributed by atoms with van der Waals surface area (Å²) in [6, 6.07) is 16.8. The van der Waals surface area contributed by atoms with Gasteiger partial charge in [0.1, 0.15) is 17.6 Å². The predicted octanol–water partition coefficient (Wildman–Crippen LogP) is 3.25. The van der Waals surface area contributed by atoms with Crippen molar-refractivity contribution in [1.29, 1.82) is 5.26 Å². The normalized spacial score (nSPS) is 12.5. The number of nitrogens with one attached hydrogen (secondary N) is 2. The van der Waals surface area contributed by atoms with Gasteiger partial charge in [-0.2, -0.15) is 5.26 Å². The topological polar surface area (TPSA) is 100 Å². The van der Waals surface area contributed by atoms with Crippen molar-refractivity contribution >= 4 is 12.0 Å². The lowest BCUT2D eigenvalue weighted by Crippen LogP contribution is -2.51. The Bertz CT molecular complexity index is 845. The highest BCUT2D eigenvalue weighted by atomic mass is 16.6. The van der Waals surface area contributed by atoms with E-state index in [1.807, 2.05) is 20.8 Å². The summed E-state index contributed by atoms with van der Waals surface area (Å²) in [5, 5.41) is 14.2. The molecule has 0 radical (unpaired) electrons. The number of para-hydroxylation sites is 1. The molecule has 0 aliphatic rings. The lowest BCUT2D eigenvalue weighted by Gasteiger charge is -2.23. The van der Waals surface area contributed by atoms with Gasteiger partial charge in [-0.15, -0.1) is 0 Å². The van der Waals surface area contributed by atoms with E-state index in [0.29, 0.717) is 23.6 Å². The summed E-state index contributed by atoms with van der Waals surface area (Å²) in [7, 11) is 0. The summed E-state index contributed by atoms with van der Waals surface area (Å²) in [4.78, 5) is 24.4. The summed E-state index contributed by atoms with van der Waals surface area (Å²) >= 11 is 0. The van der Waals surface area contributed by atoms with Gasteiger partial charge in [0, 0.05) is 6.54 Å². The molecular formula is C22H25N3O4. The maximum absolute atomic E-state index is 12.5. The van der Waals surface area contributed by atoms with Gasteiger partial charge in [0.25, 0.3) is 0 Å². The molecule has 7 heteroatoms. The van der Waals surface area contributed by atoms with E-state index in [0.717, 1.165) is 0 Å². The molecule has 0 saturated heterocycles. The lowest BCUT2D eigenvalue weighted by molar-refractivity contribution is -0.123. The number of nitriles is 1. The Morgan fingerprint density at radius 2 is 1.66 bits per heavy atom. The molecule has 2 atom stereocenters. The SMILES string of the molecule is CC(CN[C@H](C(=O)NC(=O)Oc1ccccc1)C(C)C)Oc1ccc(C#N)cc1. The second kappa shape index (κ2) is 10.8. The summed E-state index contributed by atoms with van der Waals surface area (Å²) in [6.07, 6.45) is -1.05. The molecule has 2 amide bonds. The van der Waals surface area contributed by atoms with Gasteiger partial charge < -0.3 is 14.8 Å². The molecule has 0 aliphatic carbocycles. The predicted molar refractivity (Wildman–Crippen MR) is 108 cm³/mol. The zero-order valence-corrected chi connectivity index (χ0v) is 16.7. The van der Waals surface area contributed by atoms with Crippen molar-refractivity contribution < 1.29 is 19.1 Å². The van der Waals surface area contributed by atoms with Crippen LogP contribution < -0.4 is 20.1 Å². The van der Waals surface area contributed by atoms with Crippen molar-refractivity contribution in [1.82, 2.24) is 10.6 Å². The summed E-state index contributed by atoms with van der Waals surface area (Å²) in [5.74, 6) is 0.472. The molecule has 1 unspecified atom stereocenters. The van der Waals surface area contributed by atoms with E-state index in [2.05, 4.69) is 16.7 Å². The van der Waals surface area contributed by atoms with Gasteiger partial charge in [-0.05, 0) is 49.2 Å². The quantitative estimate of drug-likeness (QED) is 0.712. The number of imide groups is 1. The first-order chi connectivity index (χ1) is 13.9. The van der Waals surface area contributed by atoms with Gasteiger partial charge in [-0.1, -0.05) is 32.0 Å². The van der Waals surface area contributed by atoms with Gasteiger partial charge in [-0.3, -0.25) is 10.1 Å². The van der Waals surface area contributed by atoms with Crippen LogP contribution in [0.25, 0.3) is 0 Å². The highest BCUT2D eigenvalue weighted by Crippen LogP contribution is 2.13. The van der Waals surface area contributed by atoms with Crippen LogP contribution in [0.5, 0.6) is 11.5 Å². The first-order valence-electron chi connectivity index (χ1n) is 9.37. The number of rotatable bonds is 8. The minimum absolute atomic E-state index is 0.0540. The Balaban J connectivity index is 1.85. The second-order valence-electron chi connectivity index (χ2n) is 6.89. The van der Waals surface area contributed by atoms with Crippen molar-refractivity contribution in [3.8, 4) is 17.6 Å². The van der Waals surface area contributed by atoms with E-state index in [9.17, 15) is 9.59 Å². The number of hydrogen-bond donors (Lipinski definition) is 2. The summed E-state index contributed by atoms with van der Waals surface area (Å²) in [6.45, 7) is 6.02. The maximum Gasteiger partial charge on any atom is 0.419 e. The molecule has 29 heavy (non-hydrogen) atoms. The third kappa shape index (κ3) is 7.28. The lowest BCUT2D eigenvalue weighted by atomic mass is 10.0. The van der Waals surface area contributed by atoms with Crippen molar-refractivity contribution in [3.63, 3.8) is 0 Å². The first-order valence-corrected chi connectivity index (χ1v) is 9.37. The van der Waals surface area contributed by atoms with Gasteiger partial charge in [0.2, 0.25) is 5.91 Å². The molecule has 152 valence electrons. The Labute approximate surface area is 170 Å². The molecule has 0 aromatic heterocycles. The van der Waals surface area contributed by atoms with Crippen LogP contribution in [0.1, 0.15) is 26.3 Å². The van der Waals surface area contributed by atoms with Crippen LogP contribution in [0, 0.1) is 17.2 Å². The molecule has 0 fully saturated rings. The minimum atomic E-state index is -0.824. The molecule has 0 bridgehead atoms. The van der Waals surface area contributed by atoms with E-state index < -0.39 is 18.0 Å². The van der Waals surface area contributed by atoms with Gasteiger partial charge in [0.05, 0.1) is 17.7 Å².